The maximum absolute atomic E-state index is 10.3. The van der Waals surface area contributed by atoms with E-state index in [1.807, 2.05) is 0 Å². The van der Waals surface area contributed by atoms with Crippen LogP contribution in [0.3, 0.4) is 0 Å². The number of hydrogen-bond donors (Lipinski definition) is 3. The first-order valence-electron chi connectivity index (χ1n) is 10.5. The number of aliphatic hydroxyl groups excluding tert-OH is 1. The van der Waals surface area contributed by atoms with Gasteiger partial charge in [0, 0.05) is 25.7 Å². The van der Waals surface area contributed by atoms with Gasteiger partial charge in [-0.15, -0.1) is 0 Å². The lowest BCUT2D eigenvalue weighted by Crippen LogP contribution is -2.59. The lowest BCUT2D eigenvalue weighted by atomic mass is 9.53. The summed E-state index contributed by atoms with van der Waals surface area (Å²) in [5.74, 6) is 2.86. The van der Waals surface area contributed by atoms with Crippen molar-refractivity contribution < 1.29 is 5.11 Å². The van der Waals surface area contributed by atoms with Crippen LogP contribution in [0.4, 0.5) is 0 Å². The third-order valence-corrected chi connectivity index (χ3v) is 6.77. The molecule has 3 nitrogen and oxygen atoms in total. The molecule has 0 aromatic heterocycles. The van der Waals surface area contributed by atoms with Crippen molar-refractivity contribution in [2.45, 2.75) is 71.4 Å². The second-order valence-electron chi connectivity index (χ2n) is 9.03. The predicted molar refractivity (Wildman–Crippen MR) is 106 cm³/mol. The summed E-state index contributed by atoms with van der Waals surface area (Å²) in [6.07, 6.45) is 12.0. The van der Waals surface area contributed by atoms with Crippen molar-refractivity contribution in [1.29, 1.82) is 0 Å². The lowest BCUT2D eigenvalue weighted by molar-refractivity contribution is -0.108. The quantitative estimate of drug-likeness (QED) is 0.441. The van der Waals surface area contributed by atoms with E-state index in [2.05, 4.69) is 43.6 Å². The highest BCUT2D eigenvalue weighted by molar-refractivity contribution is 5.05. The van der Waals surface area contributed by atoms with Gasteiger partial charge in [0.2, 0.25) is 0 Å². The molecule has 0 aromatic rings. The van der Waals surface area contributed by atoms with Crippen LogP contribution in [0, 0.1) is 23.7 Å². The van der Waals surface area contributed by atoms with E-state index in [-0.39, 0.29) is 6.10 Å². The fourth-order valence-corrected chi connectivity index (χ4v) is 5.55. The normalized spacial score (nSPS) is 36.7. The standard InChI is InChI=1S/C22H38N2O/c1-15(2)5-4-6-16(3)7-8-23-9-10-24-21-17-11-19-13-18(21)14-20(12-17)22(19)25/h5,7,17-25H,4,6,8-14H2,1-3H3/b16-7+. The topological polar surface area (TPSA) is 44.3 Å². The smallest absolute Gasteiger partial charge is 0.0596 e. The van der Waals surface area contributed by atoms with E-state index in [0.717, 1.165) is 37.9 Å². The average Bonchev–Trinajstić information content (AvgIpc) is 2.55. The maximum atomic E-state index is 10.3. The van der Waals surface area contributed by atoms with Crippen molar-refractivity contribution >= 4 is 0 Å². The summed E-state index contributed by atoms with van der Waals surface area (Å²) < 4.78 is 0. The Balaban J connectivity index is 1.29. The van der Waals surface area contributed by atoms with Gasteiger partial charge in [-0.2, -0.15) is 0 Å². The molecule has 0 atom stereocenters. The van der Waals surface area contributed by atoms with Crippen LogP contribution in [0.5, 0.6) is 0 Å². The largest absolute Gasteiger partial charge is 0.393 e. The summed E-state index contributed by atoms with van der Waals surface area (Å²) in [5, 5.41) is 17.7. The minimum absolute atomic E-state index is 0.0156. The van der Waals surface area contributed by atoms with Crippen LogP contribution >= 0.6 is 0 Å². The molecule has 0 radical (unpaired) electrons. The van der Waals surface area contributed by atoms with Gasteiger partial charge in [0.05, 0.1) is 6.10 Å². The molecule has 4 aliphatic carbocycles. The second-order valence-corrected chi connectivity index (χ2v) is 9.03. The zero-order valence-corrected chi connectivity index (χ0v) is 16.4. The molecule has 4 aliphatic rings. The Hall–Kier alpha value is -0.640. The van der Waals surface area contributed by atoms with Crippen molar-refractivity contribution in [3.05, 3.63) is 23.3 Å². The number of aliphatic hydroxyl groups is 1. The summed E-state index contributed by atoms with van der Waals surface area (Å²) in [4.78, 5) is 0. The van der Waals surface area contributed by atoms with Crippen LogP contribution < -0.4 is 10.6 Å². The molecule has 4 fully saturated rings. The molecule has 3 heteroatoms. The third kappa shape index (κ3) is 4.96. The van der Waals surface area contributed by atoms with Crippen LogP contribution in [0.2, 0.25) is 0 Å². The van der Waals surface area contributed by atoms with Crippen molar-refractivity contribution in [1.82, 2.24) is 10.6 Å². The van der Waals surface area contributed by atoms with Gasteiger partial charge in [-0.3, -0.25) is 0 Å². The molecule has 0 amide bonds. The highest BCUT2D eigenvalue weighted by atomic mass is 16.3. The number of hydrogen-bond acceptors (Lipinski definition) is 3. The Morgan fingerprint density at radius 2 is 1.56 bits per heavy atom. The summed E-state index contributed by atoms with van der Waals surface area (Å²) in [6.45, 7) is 9.67. The van der Waals surface area contributed by atoms with Gasteiger partial charge in [0.15, 0.2) is 0 Å². The molecule has 0 spiro atoms. The highest BCUT2D eigenvalue weighted by Gasteiger charge is 2.52. The molecule has 142 valence electrons. The van der Waals surface area contributed by atoms with Crippen molar-refractivity contribution in [3.8, 4) is 0 Å². The molecule has 4 bridgehead atoms. The summed E-state index contributed by atoms with van der Waals surface area (Å²) in [7, 11) is 0. The Morgan fingerprint density at radius 3 is 2.16 bits per heavy atom. The highest BCUT2D eigenvalue weighted by Crippen LogP contribution is 2.53. The monoisotopic (exact) mass is 346 g/mol. The molecule has 0 saturated heterocycles. The summed E-state index contributed by atoms with van der Waals surface area (Å²) in [6, 6.07) is 0.711. The van der Waals surface area contributed by atoms with Crippen molar-refractivity contribution in [2.75, 3.05) is 19.6 Å². The summed E-state index contributed by atoms with van der Waals surface area (Å²) >= 11 is 0. The van der Waals surface area contributed by atoms with E-state index in [1.54, 1.807) is 0 Å². The van der Waals surface area contributed by atoms with E-state index in [4.69, 9.17) is 0 Å². The molecule has 0 unspecified atom stereocenters. The molecule has 3 N–H and O–H groups in total. The first-order valence-corrected chi connectivity index (χ1v) is 10.5. The molecule has 0 heterocycles. The Bertz CT molecular complexity index is 462. The SMILES string of the molecule is CC(C)=CCC/C(C)=C/CNCCNC1C2CC3CC1CC(C2)C3O. The third-order valence-electron chi connectivity index (χ3n) is 6.77. The van der Waals surface area contributed by atoms with E-state index in [0.29, 0.717) is 17.9 Å². The molecule has 0 aliphatic heterocycles. The fraction of sp³-hybridized carbons (Fsp3) is 0.818. The van der Waals surface area contributed by atoms with E-state index < -0.39 is 0 Å². The van der Waals surface area contributed by atoms with Gasteiger partial charge >= 0.3 is 0 Å². The van der Waals surface area contributed by atoms with Crippen LogP contribution in [0.15, 0.2) is 23.3 Å². The Labute approximate surface area is 154 Å². The minimum Gasteiger partial charge on any atom is -0.393 e. The van der Waals surface area contributed by atoms with Crippen LogP contribution in [-0.2, 0) is 0 Å². The van der Waals surface area contributed by atoms with Gasteiger partial charge in [-0.05, 0) is 83.0 Å². The first-order chi connectivity index (χ1) is 12.0. The minimum atomic E-state index is 0.0156. The van der Waals surface area contributed by atoms with Gasteiger partial charge in [-0.1, -0.05) is 23.3 Å². The van der Waals surface area contributed by atoms with Gasteiger partial charge in [0.25, 0.3) is 0 Å². The summed E-state index contributed by atoms with van der Waals surface area (Å²) in [5.41, 5.74) is 2.90. The molecule has 0 aromatic carbocycles. The van der Waals surface area contributed by atoms with Crippen LogP contribution in [0.25, 0.3) is 0 Å². The lowest BCUT2D eigenvalue weighted by Gasteiger charge is -2.56. The molecule has 4 rings (SSSR count). The molecule has 4 saturated carbocycles. The Kier molecular flexibility index (Phi) is 6.76. The second kappa shape index (κ2) is 8.83. The van der Waals surface area contributed by atoms with Crippen LogP contribution in [-0.4, -0.2) is 36.9 Å². The van der Waals surface area contributed by atoms with E-state index >= 15 is 0 Å². The van der Waals surface area contributed by atoms with Crippen molar-refractivity contribution in [2.24, 2.45) is 23.7 Å². The van der Waals surface area contributed by atoms with E-state index in [9.17, 15) is 5.11 Å². The predicted octanol–water partition coefficient (Wildman–Crippen LogP) is 3.65. The average molecular weight is 347 g/mol. The number of rotatable bonds is 9. The molecule has 25 heavy (non-hydrogen) atoms. The van der Waals surface area contributed by atoms with Crippen molar-refractivity contribution in [3.63, 3.8) is 0 Å². The number of nitrogens with one attached hydrogen (secondary N) is 2. The molecular formula is C22H38N2O. The number of allylic oxidation sites excluding steroid dienone is 3. The van der Waals surface area contributed by atoms with E-state index in [1.165, 1.54) is 43.3 Å². The van der Waals surface area contributed by atoms with Gasteiger partial charge < -0.3 is 15.7 Å². The molecular weight excluding hydrogens is 308 g/mol. The van der Waals surface area contributed by atoms with Gasteiger partial charge in [-0.25, -0.2) is 0 Å². The zero-order valence-electron chi connectivity index (χ0n) is 16.4. The van der Waals surface area contributed by atoms with Gasteiger partial charge in [0.1, 0.15) is 0 Å². The van der Waals surface area contributed by atoms with Crippen LogP contribution in [0.1, 0.15) is 59.3 Å². The maximum Gasteiger partial charge on any atom is 0.0596 e. The zero-order chi connectivity index (χ0) is 17.8. The first kappa shape index (κ1) is 19.1. The fourth-order valence-electron chi connectivity index (χ4n) is 5.55. The Morgan fingerprint density at radius 1 is 0.920 bits per heavy atom.